The first kappa shape index (κ1) is 13.9. The molecule has 1 saturated heterocycles. The summed E-state index contributed by atoms with van der Waals surface area (Å²) in [5.74, 6) is 0.909. The van der Waals surface area contributed by atoms with Crippen LogP contribution in [0.3, 0.4) is 0 Å². The van der Waals surface area contributed by atoms with Gasteiger partial charge < -0.3 is 9.42 Å². The van der Waals surface area contributed by atoms with Crippen molar-refractivity contribution in [1.29, 1.82) is 0 Å². The number of carbonyl (C=O) groups is 1. The van der Waals surface area contributed by atoms with Crippen LogP contribution in [0.2, 0.25) is 0 Å². The summed E-state index contributed by atoms with van der Waals surface area (Å²) in [5, 5.41) is 3.93. The molecule has 2 aromatic rings. The topological polar surface area (TPSA) is 46.3 Å². The third kappa shape index (κ3) is 2.71. The van der Waals surface area contributed by atoms with Gasteiger partial charge in [-0.3, -0.25) is 4.79 Å². The molecule has 1 aromatic heterocycles. The number of aryl methyl sites for hydroxylation is 2. The van der Waals surface area contributed by atoms with E-state index >= 15 is 0 Å². The third-order valence-electron chi connectivity index (χ3n) is 4.27. The predicted molar refractivity (Wildman–Crippen MR) is 79.8 cm³/mol. The van der Waals surface area contributed by atoms with Crippen LogP contribution in [0.25, 0.3) is 0 Å². The second-order valence-corrected chi connectivity index (χ2v) is 5.64. The number of benzene rings is 1. The lowest BCUT2D eigenvalue weighted by Crippen LogP contribution is -2.32. The zero-order chi connectivity index (χ0) is 14.8. The Morgan fingerprint density at radius 1 is 1.33 bits per heavy atom. The summed E-state index contributed by atoms with van der Waals surface area (Å²) in [4.78, 5) is 14.7. The van der Waals surface area contributed by atoms with Crippen molar-refractivity contribution in [2.45, 2.75) is 39.2 Å². The van der Waals surface area contributed by atoms with Gasteiger partial charge in [0.05, 0.1) is 18.2 Å². The summed E-state index contributed by atoms with van der Waals surface area (Å²) in [6, 6.07) is 10.5. The van der Waals surface area contributed by atoms with Crippen molar-refractivity contribution in [2.24, 2.45) is 0 Å². The maximum absolute atomic E-state index is 12.7. The molecule has 0 aliphatic carbocycles. The van der Waals surface area contributed by atoms with Crippen molar-refractivity contribution in [3.05, 3.63) is 52.9 Å². The minimum Gasteiger partial charge on any atom is -0.361 e. The first-order valence-electron chi connectivity index (χ1n) is 7.43. The normalized spacial score (nSPS) is 18.2. The molecule has 21 heavy (non-hydrogen) atoms. The molecule has 0 radical (unpaired) electrons. The minimum atomic E-state index is 0.163. The maximum atomic E-state index is 12.7. The predicted octanol–water partition coefficient (Wildman–Crippen LogP) is 3.20. The smallest absolute Gasteiger partial charge is 0.227 e. The lowest BCUT2D eigenvalue weighted by molar-refractivity contribution is -0.131. The van der Waals surface area contributed by atoms with Gasteiger partial charge in [-0.2, -0.15) is 0 Å². The van der Waals surface area contributed by atoms with E-state index in [1.165, 1.54) is 5.56 Å². The molecule has 2 heterocycles. The van der Waals surface area contributed by atoms with E-state index in [1.54, 1.807) is 0 Å². The van der Waals surface area contributed by atoms with Crippen molar-refractivity contribution >= 4 is 5.91 Å². The third-order valence-corrected chi connectivity index (χ3v) is 4.27. The Kier molecular flexibility index (Phi) is 3.78. The van der Waals surface area contributed by atoms with Crippen LogP contribution in [-0.2, 0) is 11.2 Å². The van der Waals surface area contributed by atoms with E-state index in [0.29, 0.717) is 6.42 Å². The molecular weight excluding hydrogens is 264 g/mol. The fraction of sp³-hybridized carbons (Fsp3) is 0.412. The molecule has 1 aliphatic heterocycles. The quantitative estimate of drug-likeness (QED) is 0.869. The van der Waals surface area contributed by atoms with Gasteiger partial charge in [-0.25, -0.2) is 0 Å². The molecule has 3 rings (SSSR count). The highest BCUT2D eigenvalue weighted by Gasteiger charge is 2.30. The summed E-state index contributed by atoms with van der Waals surface area (Å²) < 4.78 is 5.15. The summed E-state index contributed by atoms with van der Waals surface area (Å²) in [6.07, 6.45) is 2.48. The van der Waals surface area contributed by atoms with Crippen molar-refractivity contribution in [2.75, 3.05) is 6.54 Å². The second-order valence-electron chi connectivity index (χ2n) is 5.64. The molecule has 1 atom stereocenters. The Hall–Kier alpha value is -2.10. The first-order valence-corrected chi connectivity index (χ1v) is 7.43. The number of carbonyl (C=O) groups excluding carboxylic acids is 1. The maximum Gasteiger partial charge on any atom is 0.227 e. The first-order chi connectivity index (χ1) is 10.2. The highest BCUT2D eigenvalue weighted by atomic mass is 16.5. The molecule has 1 unspecified atom stereocenters. The molecular formula is C17H20N2O2. The van der Waals surface area contributed by atoms with Crippen molar-refractivity contribution in [3.63, 3.8) is 0 Å². The lowest BCUT2D eigenvalue weighted by atomic mass is 10.0. The summed E-state index contributed by atoms with van der Waals surface area (Å²) >= 11 is 0. The van der Waals surface area contributed by atoms with Crippen LogP contribution in [-0.4, -0.2) is 22.5 Å². The Morgan fingerprint density at radius 2 is 2.10 bits per heavy atom. The van der Waals surface area contributed by atoms with Crippen LogP contribution in [0.15, 0.2) is 34.9 Å². The average molecular weight is 284 g/mol. The molecule has 0 spiro atoms. The van der Waals surface area contributed by atoms with Crippen LogP contribution in [0.5, 0.6) is 0 Å². The Labute approximate surface area is 124 Å². The van der Waals surface area contributed by atoms with Crippen molar-refractivity contribution in [3.8, 4) is 0 Å². The van der Waals surface area contributed by atoms with E-state index in [-0.39, 0.29) is 11.9 Å². The number of aromatic nitrogens is 1. The standard InChI is InChI=1S/C17H20N2O2/c1-12-15(13(2)21-18-12)11-17(20)19-10-6-9-16(19)14-7-4-3-5-8-14/h3-5,7-8,16H,6,9-11H2,1-2H3. The summed E-state index contributed by atoms with van der Waals surface area (Å²) in [5.41, 5.74) is 2.97. The van der Waals surface area contributed by atoms with Crippen molar-refractivity contribution in [1.82, 2.24) is 10.1 Å². The van der Waals surface area contributed by atoms with E-state index in [9.17, 15) is 4.79 Å². The zero-order valence-corrected chi connectivity index (χ0v) is 12.5. The molecule has 4 heteroatoms. The average Bonchev–Trinajstić information content (AvgIpc) is 3.10. The minimum absolute atomic E-state index is 0.163. The fourth-order valence-electron chi connectivity index (χ4n) is 3.09. The number of amides is 1. The summed E-state index contributed by atoms with van der Waals surface area (Å²) in [7, 11) is 0. The second kappa shape index (κ2) is 5.72. The lowest BCUT2D eigenvalue weighted by Gasteiger charge is -2.25. The van der Waals surface area contributed by atoms with Gasteiger partial charge in [0.1, 0.15) is 5.76 Å². The Bertz CT molecular complexity index is 614. The molecule has 1 amide bonds. The molecule has 0 N–H and O–H groups in total. The van der Waals surface area contributed by atoms with Gasteiger partial charge in [-0.05, 0) is 32.3 Å². The number of likely N-dealkylation sites (tertiary alicyclic amines) is 1. The highest BCUT2D eigenvalue weighted by Crippen LogP contribution is 2.32. The number of nitrogens with zero attached hydrogens (tertiary/aromatic N) is 2. The highest BCUT2D eigenvalue weighted by molar-refractivity contribution is 5.80. The molecule has 0 saturated carbocycles. The van der Waals surface area contributed by atoms with Crippen LogP contribution < -0.4 is 0 Å². The fourth-order valence-corrected chi connectivity index (χ4v) is 3.09. The number of hydrogen-bond acceptors (Lipinski definition) is 3. The monoisotopic (exact) mass is 284 g/mol. The van der Waals surface area contributed by atoms with Gasteiger partial charge in [0.2, 0.25) is 5.91 Å². The molecule has 4 nitrogen and oxygen atoms in total. The summed E-state index contributed by atoms with van der Waals surface area (Å²) in [6.45, 7) is 4.58. The zero-order valence-electron chi connectivity index (χ0n) is 12.5. The van der Waals surface area contributed by atoms with Crippen molar-refractivity contribution < 1.29 is 9.32 Å². The van der Waals surface area contributed by atoms with Gasteiger partial charge >= 0.3 is 0 Å². The number of hydrogen-bond donors (Lipinski definition) is 0. The SMILES string of the molecule is Cc1noc(C)c1CC(=O)N1CCCC1c1ccccc1. The Morgan fingerprint density at radius 3 is 2.76 bits per heavy atom. The molecule has 1 aromatic carbocycles. The van der Waals surface area contributed by atoms with E-state index in [2.05, 4.69) is 17.3 Å². The van der Waals surface area contributed by atoms with Gasteiger partial charge in [0.25, 0.3) is 0 Å². The van der Waals surface area contributed by atoms with E-state index in [0.717, 1.165) is 36.4 Å². The van der Waals surface area contributed by atoms with Crippen LogP contribution in [0, 0.1) is 13.8 Å². The molecule has 0 bridgehead atoms. The van der Waals surface area contributed by atoms with Gasteiger partial charge in [-0.15, -0.1) is 0 Å². The van der Waals surface area contributed by atoms with E-state index < -0.39 is 0 Å². The van der Waals surface area contributed by atoms with Crippen LogP contribution in [0.1, 0.15) is 41.5 Å². The largest absolute Gasteiger partial charge is 0.361 e. The Balaban J connectivity index is 1.78. The van der Waals surface area contributed by atoms with Gasteiger partial charge in [-0.1, -0.05) is 35.5 Å². The van der Waals surface area contributed by atoms with Crippen LogP contribution in [0.4, 0.5) is 0 Å². The number of rotatable bonds is 3. The van der Waals surface area contributed by atoms with E-state index in [4.69, 9.17) is 4.52 Å². The molecule has 1 fully saturated rings. The molecule has 1 aliphatic rings. The van der Waals surface area contributed by atoms with Crippen LogP contribution >= 0.6 is 0 Å². The van der Waals surface area contributed by atoms with Gasteiger partial charge in [0, 0.05) is 12.1 Å². The van der Waals surface area contributed by atoms with E-state index in [1.807, 2.05) is 36.9 Å². The van der Waals surface area contributed by atoms with Gasteiger partial charge in [0.15, 0.2) is 0 Å². The molecule has 110 valence electrons.